The molecule has 4 heteroatoms. The third-order valence-corrected chi connectivity index (χ3v) is 3.46. The fourth-order valence-electron chi connectivity index (χ4n) is 2.05. The standard InChI is InChI=1S/C17H20FNO2/c1-12(19-2)13-8-9-17(15(18)10-13)21-11-14-6-4-5-7-16(14)20-3/h4-10,12,19H,11H2,1-3H3. The van der Waals surface area contributed by atoms with Crippen molar-refractivity contribution in [3.8, 4) is 11.5 Å². The van der Waals surface area contributed by atoms with Gasteiger partial charge in [0.05, 0.1) is 7.11 Å². The highest BCUT2D eigenvalue weighted by Gasteiger charge is 2.10. The van der Waals surface area contributed by atoms with Crippen LogP contribution in [0.3, 0.4) is 0 Å². The van der Waals surface area contributed by atoms with Gasteiger partial charge in [-0.15, -0.1) is 0 Å². The van der Waals surface area contributed by atoms with Crippen LogP contribution in [0.1, 0.15) is 24.1 Å². The summed E-state index contributed by atoms with van der Waals surface area (Å²) in [6.45, 7) is 2.24. The van der Waals surface area contributed by atoms with E-state index in [1.807, 2.05) is 44.3 Å². The summed E-state index contributed by atoms with van der Waals surface area (Å²) < 4.78 is 24.9. The highest BCUT2D eigenvalue weighted by molar-refractivity contribution is 5.34. The van der Waals surface area contributed by atoms with Gasteiger partial charge in [-0.1, -0.05) is 24.3 Å². The molecule has 1 unspecified atom stereocenters. The van der Waals surface area contributed by atoms with E-state index in [0.717, 1.165) is 16.9 Å². The number of methoxy groups -OCH3 is 1. The van der Waals surface area contributed by atoms with Gasteiger partial charge in [0.1, 0.15) is 12.4 Å². The lowest BCUT2D eigenvalue weighted by molar-refractivity contribution is 0.282. The molecule has 0 bridgehead atoms. The fourth-order valence-corrected chi connectivity index (χ4v) is 2.05. The molecule has 0 spiro atoms. The molecule has 0 aromatic heterocycles. The molecule has 0 fully saturated rings. The van der Waals surface area contributed by atoms with Gasteiger partial charge in [0.2, 0.25) is 0 Å². The van der Waals surface area contributed by atoms with Crippen LogP contribution in [0.5, 0.6) is 11.5 Å². The first-order valence-corrected chi connectivity index (χ1v) is 6.87. The average Bonchev–Trinajstić information content (AvgIpc) is 2.53. The minimum Gasteiger partial charge on any atom is -0.496 e. The maximum absolute atomic E-state index is 14.0. The van der Waals surface area contributed by atoms with Crippen molar-refractivity contribution >= 4 is 0 Å². The Bertz CT molecular complexity index is 601. The normalized spacial score (nSPS) is 12.0. The maximum atomic E-state index is 14.0. The van der Waals surface area contributed by atoms with Crippen LogP contribution in [-0.4, -0.2) is 14.2 Å². The summed E-state index contributed by atoms with van der Waals surface area (Å²) in [7, 11) is 3.45. The van der Waals surface area contributed by atoms with Crippen LogP contribution in [0.25, 0.3) is 0 Å². The van der Waals surface area contributed by atoms with Crippen LogP contribution in [0.15, 0.2) is 42.5 Å². The molecular formula is C17H20FNO2. The Balaban J connectivity index is 2.10. The Morgan fingerprint density at radius 2 is 1.90 bits per heavy atom. The Morgan fingerprint density at radius 1 is 1.14 bits per heavy atom. The zero-order chi connectivity index (χ0) is 15.2. The summed E-state index contributed by atoms with van der Waals surface area (Å²) in [4.78, 5) is 0. The monoisotopic (exact) mass is 289 g/mol. The van der Waals surface area contributed by atoms with E-state index < -0.39 is 0 Å². The number of benzene rings is 2. The zero-order valence-corrected chi connectivity index (χ0v) is 12.5. The highest BCUT2D eigenvalue weighted by atomic mass is 19.1. The van der Waals surface area contributed by atoms with Gasteiger partial charge in [-0.05, 0) is 37.7 Å². The van der Waals surface area contributed by atoms with Gasteiger partial charge in [-0.2, -0.15) is 0 Å². The lowest BCUT2D eigenvalue weighted by atomic mass is 10.1. The molecule has 0 saturated heterocycles. The second-order valence-corrected chi connectivity index (χ2v) is 4.80. The van der Waals surface area contributed by atoms with E-state index in [1.54, 1.807) is 13.2 Å². The molecule has 21 heavy (non-hydrogen) atoms. The summed E-state index contributed by atoms with van der Waals surface area (Å²) in [5, 5.41) is 3.08. The third kappa shape index (κ3) is 3.73. The lowest BCUT2D eigenvalue weighted by Gasteiger charge is -2.14. The van der Waals surface area contributed by atoms with E-state index >= 15 is 0 Å². The molecule has 0 aliphatic heterocycles. The number of hydrogen-bond donors (Lipinski definition) is 1. The Morgan fingerprint density at radius 3 is 2.57 bits per heavy atom. The van der Waals surface area contributed by atoms with Crippen molar-refractivity contribution in [3.05, 3.63) is 59.4 Å². The van der Waals surface area contributed by atoms with E-state index in [9.17, 15) is 4.39 Å². The number of para-hydroxylation sites is 1. The average molecular weight is 289 g/mol. The Labute approximate surface area is 124 Å². The Kier molecular flexibility index (Phi) is 5.17. The summed E-state index contributed by atoms with van der Waals surface area (Å²) in [5.74, 6) is 0.621. The first-order valence-electron chi connectivity index (χ1n) is 6.87. The van der Waals surface area contributed by atoms with E-state index in [2.05, 4.69) is 5.32 Å². The number of rotatable bonds is 6. The van der Waals surface area contributed by atoms with E-state index in [4.69, 9.17) is 9.47 Å². The number of hydrogen-bond acceptors (Lipinski definition) is 3. The molecule has 0 saturated carbocycles. The molecule has 2 rings (SSSR count). The van der Waals surface area contributed by atoms with Crippen molar-refractivity contribution in [2.75, 3.05) is 14.2 Å². The third-order valence-electron chi connectivity index (χ3n) is 3.46. The largest absolute Gasteiger partial charge is 0.496 e. The molecule has 1 N–H and O–H groups in total. The van der Waals surface area contributed by atoms with Crippen molar-refractivity contribution in [1.29, 1.82) is 0 Å². The van der Waals surface area contributed by atoms with Gasteiger partial charge in [0, 0.05) is 11.6 Å². The van der Waals surface area contributed by atoms with E-state index in [1.165, 1.54) is 6.07 Å². The predicted octanol–water partition coefficient (Wildman–Crippen LogP) is 3.69. The topological polar surface area (TPSA) is 30.5 Å². The van der Waals surface area contributed by atoms with Crippen molar-refractivity contribution < 1.29 is 13.9 Å². The second kappa shape index (κ2) is 7.09. The molecule has 0 heterocycles. The lowest BCUT2D eigenvalue weighted by Crippen LogP contribution is -2.12. The van der Waals surface area contributed by atoms with Crippen LogP contribution >= 0.6 is 0 Å². The van der Waals surface area contributed by atoms with Crippen LogP contribution in [0, 0.1) is 5.82 Å². The predicted molar refractivity (Wildman–Crippen MR) is 81.2 cm³/mol. The number of ether oxygens (including phenoxy) is 2. The molecule has 2 aromatic rings. The van der Waals surface area contributed by atoms with Crippen LogP contribution < -0.4 is 14.8 Å². The van der Waals surface area contributed by atoms with Gasteiger partial charge in [0.25, 0.3) is 0 Å². The van der Waals surface area contributed by atoms with Crippen LogP contribution in [0.4, 0.5) is 4.39 Å². The molecule has 3 nitrogen and oxygen atoms in total. The van der Waals surface area contributed by atoms with Crippen molar-refractivity contribution in [2.24, 2.45) is 0 Å². The van der Waals surface area contributed by atoms with Crippen molar-refractivity contribution in [3.63, 3.8) is 0 Å². The SMILES string of the molecule is CNC(C)c1ccc(OCc2ccccc2OC)c(F)c1. The van der Waals surface area contributed by atoms with Crippen molar-refractivity contribution in [1.82, 2.24) is 5.32 Å². The van der Waals surface area contributed by atoms with E-state index in [0.29, 0.717) is 0 Å². The summed E-state index contributed by atoms with van der Waals surface area (Å²) in [5.41, 5.74) is 1.77. The van der Waals surface area contributed by atoms with Gasteiger partial charge >= 0.3 is 0 Å². The van der Waals surface area contributed by atoms with Crippen LogP contribution in [-0.2, 0) is 6.61 Å². The van der Waals surface area contributed by atoms with Gasteiger partial charge in [0.15, 0.2) is 11.6 Å². The number of halogens is 1. The highest BCUT2D eigenvalue weighted by Crippen LogP contribution is 2.24. The quantitative estimate of drug-likeness (QED) is 0.879. The summed E-state index contributed by atoms with van der Waals surface area (Å²) in [6, 6.07) is 12.7. The zero-order valence-electron chi connectivity index (χ0n) is 12.5. The molecule has 0 aliphatic rings. The summed E-state index contributed by atoms with van der Waals surface area (Å²) >= 11 is 0. The van der Waals surface area contributed by atoms with E-state index in [-0.39, 0.29) is 24.2 Å². The molecule has 112 valence electrons. The first kappa shape index (κ1) is 15.3. The van der Waals surface area contributed by atoms with Crippen molar-refractivity contribution in [2.45, 2.75) is 19.6 Å². The smallest absolute Gasteiger partial charge is 0.165 e. The molecular weight excluding hydrogens is 269 g/mol. The molecule has 1 atom stereocenters. The first-order chi connectivity index (χ1) is 10.2. The minimum absolute atomic E-state index is 0.0998. The van der Waals surface area contributed by atoms with Crippen LogP contribution in [0.2, 0.25) is 0 Å². The molecule has 2 aromatic carbocycles. The molecule has 0 aliphatic carbocycles. The Hall–Kier alpha value is -2.07. The summed E-state index contributed by atoms with van der Waals surface area (Å²) in [6.07, 6.45) is 0. The second-order valence-electron chi connectivity index (χ2n) is 4.80. The molecule has 0 amide bonds. The number of nitrogens with one attached hydrogen (secondary N) is 1. The van der Waals surface area contributed by atoms with Gasteiger partial charge < -0.3 is 14.8 Å². The fraction of sp³-hybridized carbons (Fsp3) is 0.294. The minimum atomic E-state index is -0.357. The maximum Gasteiger partial charge on any atom is 0.165 e. The van der Waals surface area contributed by atoms with Gasteiger partial charge in [-0.25, -0.2) is 4.39 Å². The van der Waals surface area contributed by atoms with Gasteiger partial charge in [-0.3, -0.25) is 0 Å². The molecule has 0 radical (unpaired) electrons.